The van der Waals surface area contributed by atoms with Gasteiger partial charge < -0.3 is 14.4 Å². The predicted molar refractivity (Wildman–Crippen MR) is 124 cm³/mol. The molecule has 0 aliphatic carbocycles. The first-order valence-corrected chi connectivity index (χ1v) is 12.8. The van der Waals surface area contributed by atoms with Crippen LogP contribution in [0.15, 0.2) is 53.4 Å². The fourth-order valence-electron chi connectivity index (χ4n) is 3.23. The lowest BCUT2D eigenvalue weighted by Crippen LogP contribution is -2.51. The van der Waals surface area contributed by atoms with E-state index < -0.39 is 14.9 Å². The molecule has 1 heterocycles. The van der Waals surface area contributed by atoms with Gasteiger partial charge in [0.2, 0.25) is 15.9 Å². The van der Waals surface area contributed by atoms with Crippen molar-refractivity contribution in [1.82, 2.24) is 9.21 Å². The SMILES string of the molecule is COc1ccc(OCCSCC(=O)N2CCN(S(=O)(=O)c3cccc([N+](=O)[O-])c3)CC2)cc1. The van der Waals surface area contributed by atoms with E-state index in [0.717, 1.165) is 17.6 Å². The number of rotatable bonds is 10. The highest BCUT2D eigenvalue weighted by Crippen LogP contribution is 2.22. The predicted octanol–water partition coefficient (Wildman–Crippen LogP) is 2.25. The lowest BCUT2D eigenvalue weighted by atomic mass is 10.3. The quantitative estimate of drug-likeness (QED) is 0.280. The van der Waals surface area contributed by atoms with E-state index in [1.54, 1.807) is 12.0 Å². The van der Waals surface area contributed by atoms with E-state index in [9.17, 15) is 23.3 Å². The van der Waals surface area contributed by atoms with Crippen molar-refractivity contribution in [2.45, 2.75) is 4.90 Å². The summed E-state index contributed by atoms with van der Waals surface area (Å²) < 4.78 is 37.6. The highest BCUT2D eigenvalue weighted by Gasteiger charge is 2.30. The fraction of sp³-hybridized carbons (Fsp3) is 0.381. The number of amides is 1. The van der Waals surface area contributed by atoms with Crippen LogP contribution in [0.3, 0.4) is 0 Å². The van der Waals surface area contributed by atoms with Crippen LogP contribution in [0.5, 0.6) is 11.5 Å². The number of sulfonamides is 1. The van der Waals surface area contributed by atoms with Crippen molar-refractivity contribution in [3.63, 3.8) is 0 Å². The van der Waals surface area contributed by atoms with Gasteiger partial charge in [-0.05, 0) is 30.3 Å². The van der Waals surface area contributed by atoms with Crippen molar-refractivity contribution in [1.29, 1.82) is 0 Å². The average Bonchev–Trinajstić information content (AvgIpc) is 2.84. The number of thioether (sulfide) groups is 1. The third kappa shape index (κ3) is 6.59. The number of benzene rings is 2. The molecule has 0 radical (unpaired) electrons. The molecular weight excluding hydrogens is 470 g/mol. The second-order valence-electron chi connectivity index (χ2n) is 7.12. The zero-order chi connectivity index (χ0) is 23.8. The van der Waals surface area contributed by atoms with Crippen LogP contribution in [0, 0.1) is 10.1 Å². The van der Waals surface area contributed by atoms with Gasteiger partial charge in [0, 0.05) is 44.1 Å². The Balaban J connectivity index is 1.41. The first-order chi connectivity index (χ1) is 15.8. The van der Waals surface area contributed by atoms with Crippen LogP contribution in [-0.2, 0) is 14.8 Å². The van der Waals surface area contributed by atoms with Gasteiger partial charge >= 0.3 is 0 Å². The first-order valence-electron chi connectivity index (χ1n) is 10.2. The Labute approximate surface area is 196 Å². The standard InChI is InChI=1S/C21H25N3O7S2/c1-30-18-5-7-19(8-6-18)31-13-14-32-16-21(25)22-9-11-23(12-10-22)33(28,29)20-4-2-3-17(15-20)24(26)27/h2-8,15H,9-14,16H2,1H3. The molecule has 178 valence electrons. The lowest BCUT2D eigenvalue weighted by molar-refractivity contribution is -0.385. The highest BCUT2D eigenvalue weighted by molar-refractivity contribution is 7.99. The van der Waals surface area contributed by atoms with E-state index in [0.29, 0.717) is 12.4 Å². The molecule has 33 heavy (non-hydrogen) atoms. The third-order valence-corrected chi connectivity index (χ3v) is 7.84. The van der Waals surface area contributed by atoms with Crippen molar-refractivity contribution >= 4 is 33.4 Å². The average molecular weight is 496 g/mol. The van der Waals surface area contributed by atoms with Crippen LogP contribution in [0.2, 0.25) is 0 Å². The van der Waals surface area contributed by atoms with E-state index in [1.165, 1.54) is 34.3 Å². The number of nitro groups is 1. The molecule has 0 N–H and O–H groups in total. The Morgan fingerprint density at radius 2 is 1.76 bits per heavy atom. The summed E-state index contributed by atoms with van der Waals surface area (Å²) in [6, 6.07) is 12.2. The second kappa shape index (κ2) is 11.3. The third-order valence-electron chi connectivity index (χ3n) is 5.04. The number of piperazine rings is 1. The van der Waals surface area contributed by atoms with Crippen LogP contribution in [-0.4, -0.2) is 79.9 Å². The van der Waals surface area contributed by atoms with Gasteiger partial charge in [-0.25, -0.2) is 8.42 Å². The van der Waals surface area contributed by atoms with Crippen molar-refractivity contribution in [3.8, 4) is 11.5 Å². The molecule has 1 saturated heterocycles. The van der Waals surface area contributed by atoms with E-state index in [1.807, 2.05) is 24.3 Å². The molecule has 12 heteroatoms. The normalized spacial score (nSPS) is 14.6. The monoisotopic (exact) mass is 495 g/mol. The van der Waals surface area contributed by atoms with E-state index in [4.69, 9.17) is 9.47 Å². The molecule has 1 aliphatic heterocycles. The molecule has 3 rings (SSSR count). The number of carbonyl (C=O) groups is 1. The molecule has 2 aromatic rings. The number of hydrogen-bond acceptors (Lipinski definition) is 8. The Bertz CT molecular complexity index is 1070. The number of nitrogens with zero attached hydrogens (tertiary/aromatic N) is 3. The van der Waals surface area contributed by atoms with E-state index in [-0.39, 0.29) is 48.4 Å². The molecular formula is C21H25N3O7S2. The van der Waals surface area contributed by atoms with Crippen molar-refractivity contribution in [2.24, 2.45) is 0 Å². The molecule has 0 saturated carbocycles. The number of nitro benzene ring substituents is 1. The largest absolute Gasteiger partial charge is 0.497 e. The zero-order valence-electron chi connectivity index (χ0n) is 18.1. The van der Waals surface area contributed by atoms with Gasteiger partial charge in [0.25, 0.3) is 5.69 Å². The van der Waals surface area contributed by atoms with E-state index in [2.05, 4.69) is 0 Å². The van der Waals surface area contributed by atoms with Gasteiger partial charge in [0.1, 0.15) is 11.5 Å². The summed E-state index contributed by atoms with van der Waals surface area (Å²) in [7, 11) is -2.26. The summed E-state index contributed by atoms with van der Waals surface area (Å²) in [5.74, 6) is 2.34. The maximum absolute atomic E-state index is 12.8. The lowest BCUT2D eigenvalue weighted by Gasteiger charge is -2.34. The Morgan fingerprint density at radius 3 is 2.39 bits per heavy atom. The minimum atomic E-state index is -3.86. The Hall–Kier alpha value is -2.83. The summed E-state index contributed by atoms with van der Waals surface area (Å²) in [5, 5.41) is 10.9. The number of carbonyl (C=O) groups excluding carboxylic acids is 1. The minimum absolute atomic E-state index is 0.0585. The summed E-state index contributed by atoms with van der Waals surface area (Å²) >= 11 is 1.45. The highest BCUT2D eigenvalue weighted by atomic mass is 32.2. The molecule has 0 spiro atoms. The van der Waals surface area contributed by atoms with Gasteiger partial charge in [-0.3, -0.25) is 14.9 Å². The van der Waals surface area contributed by atoms with Crippen LogP contribution in [0.1, 0.15) is 0 Å². The number of non-ortho nitro benzene ring substituents is 1. The summed E-state index contributed by atoms with van der Waals surface area (Å²) in [6.07, 6.45) is 0. The van der Waals surface area contributed by atoms with E-state index >= 15 is 0 Å². The Kier molecular flexibility index (Phi) is 8.53. The van der Waals surface area contributed by atoms with Gasteiger partial charge in [-0.1, -0.05) is 6.07 Å². The molecule has 10 nitrogen and oxygen atoms in total. The fourth-order valence-corrected chi connectivity index (χ4v) is 5.39. The number of hydrogen-bond donors (Lipinski definition) is 0. The van der Waals surface area contributed by atoms with Crippen molar-refractivity contribution in [2.75, 3.05) is 51.4 Å². The number of methoxy groups -OCH3 is 1. The molecule has 1 aliphatic rings. The summed E-state index contributed by atoms with van der Waals surface area (Å²) in [5.41, 5.74) is -0.280. The number of ether oxygens (including phenoxy) is 2. The van der Waals surface area contributed by atoms with Crippen LogP contribution < -0.4 is 9.47 Å². The van der Waals surface area contributed by atoms with Crippen molar-refractivity contribution < 1.29 is 27.6 Å². The molecule has 0 unspecified atom stereocenters. The molecule has 1 fully saturated rings. The van der Waals surface area contributed by atoms with Gasteiger partial charge in [-0.2, -0.15) is 4.31 Å². The molecule has 2 aromatic carbocycles. The Morgan fingerprint density at radius 1 is 1.09 bits per heavy atom. The molecule has 1 amide bonds. The molecule has 0 aromatic heterocycles. The van der Waals surface area contributed by atoms with Crippen LogP contribution in [0.4, 0.5) is 5.69 Å². The van der Waals surface area contributed by atoms with Crippen LogP contribution >= 0.6 is 11.8 Å². The zero-order valence-corrected chi connectivity index (χ0v) is 19.7. The first kappa shape index (κ1) is 24.8. The smallest absolute Gasteiger partial charge is 0.270 e. The summed E-state index contributed by atoms with van der Waals surface area (Å²) in [6.45, 7) is 1.29. The molecule has 0 atom stereocenters. The topological polar surface area (TPSA) is 119 Å². The minimum Gasteiger partial charge on any atom is -0.497 e. The summed E-state index contributed by atoms with van der Waals surface area (Å²) in [4.78, 5) is 24.3. The second-order valence-corrected chi connectivity index (χ2v) is 10.2. The maximum atomic E-state index is 12.8. The van der Waals surface area contributed by atoms with Gasteiger partial charge in [-0.15, -0.1) is 11.8 Å². The van der Waals surface area contributed by atoms with Gasteiger partial charge in [0.05, 0.1) is 29.3 Å². The van der Waals surface area contributed by atoms with Crippen molar-refractivity contribution in [3.05, 3.63) is 58.6 Å². The maximum Gasteiger partial charge on any atom is 0.270 e. The van der Waals surface area contributed by atoms with Crippen LogP contribution in [0.25, 0.3) is 0 Å². The molecule has 0 bridgehead atoms. The van der Waals surface area contributed by atoms with Gasteiger partial charge in [0.15, 0.2) is 0 Å².